The summed E-state index contributed by atoms with van der Waals surface area (Å²) in [5.41, 5.74) is 0. The third-order valence-electron chi connectivity index (χ3n) is 5.61. The van der Waals surface area contributed by atoms with Gasteiger partial charge in [-0.25, -0.2) is 0 Å². The van der Waals surface area contributed by atoms with Crippen LogP contribution in [0.1, 0.15) is 33.1 Å². The highest BCUT2D eigenvalue weighted by Crippen LogP contribution is 2.18. The van der Waals surface area contributed by atoms with Crippen molar-refractivity contribution in [2.75, 3.05) is 39.5 Å². The smallest absolute Gasteiger partial charge is 0.149 e. The molecule has 0 bridgehead atoms. The van der Waals surface area contributed by atoms with Crippen LogP contribution in [0.15, 0.2) is 72.8 Å². The van der Waals surface area contributed by atoms with Crippen LogP contribution in [0.3, 0.4) is 0 Å². The van der Waals surface area contributed by atoms with Gasteiger partial charge in [0, 0.05) is 6.54 Å². The van der Waals surface area contributed by atoms with Crippen molar-refractivity contribution in [3.63, 3.8) is 0 Å². The molecule has 1 fully saturated rings. The predicted octanol–water partition coefficient (Wildman–Crippen LogP) is 5.85. The van der Waals surface area contributed by atoms with E-state index in [1.165, 1.54) is 56.6 Å². The number of phenols is 3. The fourth-order valence-electron chi connectivity index (χ4n) is 3.49. The molecule has 0 amide bonds. The molecule has 0 saturated carbocycles. The molecular formula is C33H39NO6. The van der Waals surface area contributed by atoms with Gasteiger partial charge in [0.1, 0.15) is 54.3 Å². The van der Waals surface area contributed by atoms with Crippen LogP contribution in [0.4, 0.5) is 0 Å². The Morgan fingerprint density at radius 2 is 0.950 bits per heavy atom. The number of benzene rings is 3. The first-order valence-corrected chi connectivity index (χ1v) is 13.3. The van der Waals surface area contributed by atoms with E-state index in [9.17, 15) is 0 Å². The summed E-state index contributed by atoms with van der Waals surface area (Å²) in [5, 5.41) is 26.2. The van der Waals surface area contributed by atoms with E-state index in [4.69, 9.17) is 29.5 Å². The summed E-state index contributed by atoms with van der Waals surface area (Å²) in [7, 11) is 0. The maximum Gasteiger partial charge on any atom is 0.149 e. The number of rotatable bonds is 8. The van der Waals surface area contributed by atoms with Crippen LogP contribution in [0.25, 0.3) is 0 Å². The molecule has 212 valence electrons. The molecule has 1 aliphatic rings. The summed E-state index contributed by atoms with van der Waals surface area (Å²) in [6, 6.07) is 20.0. The lowest BCUT2D eigenvalue weighted by Crippen LogP contribution is -2.33. The van der Waals surface area contributed by atoms with Gasteiger partial charge >= 0.3 is 0 Å². The van der Waals surface area contributed by atoms with Gasteiger partial charge in [-0.15, -0.1) is 11.8 Å². The number of hydrogen-bond acceptors (Lipinski definition) is 7. The first-order chi connectivity index (χ1) is 19.5. The van der Waals surface area contributed by atoms with Crippen LogP contribution in [0, 0.1) is 23.7 Å². The second-order valence-electron chi connectivity index (χ2n) is 8.66. The summed E-state index contributed by atoms with van der Waals surface area (Å²) in [5.74, 6) is 14.2. The molecule has 0 spiro atoms. The van der Waals surface area contributed by atoms with Crippen LogP contribution in [-0.2, 0) is 0 Å². The minimum absolute atomic E-state index is 0.169. The van der Waals surface area contributed by atoms with Gasteiger partial charge in [-0.3, -0.25) is 4.90 Å². The van der Waals surface area contributed by atoms with Gasteiger partial charge in [-0.2, -0.15) is 0 Å². The quantitative estimate of drug-likeness (QED) is 0.242. The molecule has 1 saturated heterocycles. The van der Waals surface area contributed by atoms with E-state index in [-0.39, 0.29) is 17.2 Å². The Balaban J connectivity index is 0.000000236. The fourth-order valence-corrected chi connectivity index (χ4v) is 3.49. The SMILES string of the molecule is CC#CCOc1ccc(O)cc1.CC#CCOc1ccc(OCCN2CCCCC2)cc1.Oc1ccc(O)cc1. The minimum atomic E-state index is 0.169. The van der Waals surface area contributed by atoms with E-state index in [0.717, 1.165) is 30.4 Å². The zero-order valence-electron chi connectivity index (χ0n) is 23.3. The standard InChI is InChI=1S/C17H23NO2.C10H10O2.C6H6O2/c1-2-3-14-19-16-7-9-17(10-8-16)20-15-13-18-11-5-4-6-12-18;1-2-3-8-12-10-6-4-9(11)5-7-10;7-5-1-2-6(8)4-3-5/h7-10H,4-6,11-15H2,1H3;4-7,11H,8H2,1H3;1-4,7-8H. The van der Waals surface area contributed by atoms with E-state index < -0.39 is 0 Å². The summed E-state index contributed by atoms with van der Waals surface area (Å²) < 4.78 is 16.4. The molecular weight excluding hydrogens is 506 g/mol. The third kappa shape index (κ3) is 14.5. The summed E-state index contributed by atoms with van der Waals surface area (Å²) in [6.45, 7) is 8.60. The lowest BCUT2D eigenvalue weighted by molar-refractivity contribution is 0.183. The molecule has 0 aromatic heterocycles. The minimum Gasteiger partial charge on any atom is -0.508 e. The topological polar surface area (TPSA) is 91.6 Å². The van der Waals surface area contributed by atoms with Gasteiger partial charge in [0.15, 0.2) is 0 Å². The molecule has 1 heterocycles. The summed E-state index contributed by atoms with van der Waals surface area (Å²) in [6.07, 6.45) is 4.03. The maximum absolute atomic E-state index is 8.94. The maximum atomic E-state index is 8.94. The van der Waals surface area contributed by atoms with Crippen molar-refractivity contribution in [3.8, 4) is 58.2 Å². The van der Waals surface area contributed by atoms with Crippen LogP contribution < -0.4 is 14.2 Å². The van der Waals surface area contributed by atoms with Gasteiger partial charge in [-0.05, 0) is 113 Å². The number of ether oxygens (including phenoxy) is 3. The first kappa shape index (κ1) is 31.8. The molecule has 3 N–H and O–H groups in total. The fraction of sp³-hybridized carbons (Fsp3) is 0.333. The van der Waals surface area contributed by atoms with E-state index >= 15 is 0 Å². The first-order valence-electron chi connectivity index (χ1n) is 13.3. The van der Waals surface area contributed by atoms with Crippen molar-refractivity contribution in [2.24, 2.45) is 0 Å². The molecule has 0 atom stereocenters. The zero-order chi connectivity index (χ0) is 28.8. The number of nitrogens with zero attached hydrogens (tertiary/aromatic N) is 1. The molecule has 0 aliphatic carbocycles. The van der Waals surface area contributed by atoms with Gasteiger partial charge in [0.25, 0.3) is 0 Å². The molecule has 0 unspecified atom stereocenters. The van der Waals surface area contributed by atoms with E-state index in [1.54, 1.807) is 31.2 Å². The van der Waals surface area contributed by atoms with Crippen LogP contribution in [0.5, 0.6) is 34.5 Å². The predicted molar refractivity (Wildman–Crippen MR) is 158 cm³/mol. The second-order valence-corrected chi connectivity index (χ2v) is 8.66. The Kier molecular flexibility index (Phi) is 15.5. The summed E-state index contributed by atoms with van der Waals surface area (Å²) >= 11 is 0. The van der Waals surface area contributed by atoms with Crippen LogP contribution >= 0.6 is 0 Å². The Hall–Kier alpha value is -4.46. The van der Waals surface area contributed by atoms with E-state index in [0.29, 0.717) is 13.2 Å². The Bertz CT molecular complexity index is 1180. The molecule has 0 radical (unpaired) electrons. The van der Waals surface area contributed by atoms with Crippen molar-refractivity contribution in [2.45, 2.75) is 33.1 Å². The van der Waals surface area contributed by atoms with Crippen molar-refractivity contribution in [1.29, 1.82) is 0 Å². The number of hydrogen-bond donors (Lipinski definition) is 3. The molecule has 3 aromatic carbocycles. The highest BCUT2D eigenvalue weighted by molar-refractivity contribution is 5.32. The zero-order valence-corrected chi connectivity index (χ0v) is 23.3. The largest absolute Gasteiger partial charge is 0.508 e. The number of likely N-dealkylation sites (tertiary alicyclic amines) is 1. The normalized spacial score (nSPS) is 11.9. The van der Waals surface area contributed by atoms with Crippen molar-refractivity contribution in [3.05, 3.63) is 72.8 Å². The molecule has 1 aliphatic heterocycles. The number of piperidine rings is 1. The van der Waals surface area contributed by atoms with E-state index in [2.05, 4.69) is 28.6 Å². The van der Waals surface area contributed by atoms with Crippen molar-refractivity contribution >= 4 is 0 Å². The van der Waals surface area contributed by atoms with Gasteiger partial charge in [0.05, 0.1) is 0 Å². The Morgan fingerprint density at radius 3 is 1.38 bits per heavy atom. The number of phenolic OH excluding ortho intramolecular Hbond substituents is 3. The molecule has 7 heteroatoms. The molecule has 4 rings (SSSR count). The van der Waals surface area contributed by atoms with Gasteiger partial charge < -0.3 is 29.5 Å². The monoisotopic (exact) mass is 545 g/mol. The molecule has 40 heavy (non-hydrogen) atoms. The third-order valence-corrected chi connectivity index (χ3v) is 5.61. The summed E-state index contributed by atoms with van der Waals surface area (Å²) in [4.78, 5) is 2.48. The van der Waals surface area contributed by atoms with Gasteiger partial charge in [0.2, 0.25) is 0 Å². The van der Waals surface area contributed by atoms with Crippen molar-refractivity contribution < 1.29 is 29.5 Å². The van der Waals surface area contributed by atoms with Crippen LogP contribution in [-0.4, -0.2) is 59.7 Å². The second kappa shape index (κ2) is 19.6. The highest BCUT2D eigenvalue weighted by atomic mass is 16.5. The lowest BCUT2D eigenvalue weighted by atomic mass is 10.1. The van der Waals surface area contributed by atoms with Gasteiger partial charge in [-0.1, -0.05) is 18.3 Å². The highest BCUT2D eigenvalue weighted by Gasteiger charge is 2.09. The molecule has 3 aromatic rings. The lowest BCUT2D eigenvalue weighted by Gasteiger charge is -2.26. The Morgan fingerprint density at radius 1 is 0.575 bits per heavy atom. The number of aromatic hydroxyl groups is 3. The van der Waals surface area contributed by atoms with E-state index in [1.807, 2.05) is 31.2 Å². The van der Waals surface area contributed by atoms with Crippen molar-refractivity contribution in [1.82, 2.24) is 4.90 Å². The molecule has 7 nitrogen and oxygen atoms in total. The average molecular weight is 546 g/mol. The van der Waals surface area contributed by atoms with Crippen LogP contribution in [0.2, 0.25) is 0 Å². The average Bonchev–Trinajstić information content (AvgIpc) is 2.98. The Labute approximate surface area is 238 Å².